The molecule has 2 N–H and O–H groups in total. The molecule has 4 heteroatoms. The number of hydrogen-bond donors (Lipinski definition) is 2. The lowest BCUT2D eigenvalue weighted by Crippen LogP contribution is -2.00. The Balaban J connectivity index is 0.000000385. The molecule has 0 spiro atoms. The molecule has 1 aliphatic rings. The highest BCUT2D eigenvalue weighted by Crippen LogP contribution is 2.51. The Hall–Kier alpha value is -4.36. The zero-order chi connectivity index (χ0) is 21.3. The molecule has 0 fully saturated rings. The van der Waals surface area contributed by atoms with Gasteiger partial charge in [0.05, 0.1) is 0 Å². The van der Waals surface area contributed by atoms with Crippen molar-refractivity contribution in [2.45, 2.75) is 0 Å². The molecule has 0 aromatic heterocycles. The smallest absolute Gasteiger partial charge is 0.222 e. The van der Waals surface area contributed by atoms with Gasteiger partial charge >= 0.3 is 0 Å². The third-order valence-electron chi connectivity index (χ3n) is 4.85. The lowest BCUT2D eigenvalue weighted by atomic mass is 9.76. The highest BCUT2D eigenvalue weighted by molar-refractivity contribution is 6.08. The molecule has 1 aliphatic carbocycles. The van der Waals surface area contributed by atoms with Crippen molar-refractivity contribution in [1.29, 1.82) is 10.8 Å². The van der Waals surface area contributed by atoms with Gasteiger partial charge in [-0.25, -0.2) is 20.4 Å². The van der Waals surface area contributed by atoms with E-state index < -0.39 is 0 Å². The van der Waals surface area contributed by atoms with E-state index in [-0.39, 0.29) is 0 Å². The third kappa shape index (κ3) is 4.06. The molecule has 0 amide bonds. The third-order valence-corrected chi connectivity index (χ3v) is 4.85. The van der Waals surface area contributed by atoms with E-state index in [0.717, 1.165) is 12.2 Å². The number of carbonyl (C=O) groups excluding carboxylic acids is 2. The van der Waals surface area contributed by atoms with Crippen LogP contribution in [0.2, 0.25) is 0 Å². The lowest BCUT2D eigenvalue weighted by molar-refractivity contribution is 0.562. The Bertz CT molecular complexity index is 1210. The first kappa shape index (κ1) is 20.4. The zero-order valence-electron chi connectivity index (χ0n) is 16.1. The molecule has 0 heterocycles. The molecule has 0 saturated heterocycles. The Labute approximate surface area is 174 Å². The molecule has 0 radical (unpaired) electrons. The molecule has 0 saturated carbocycles. The molecular formula is C26H18N2O2. The van der Waals surface area contributed by atoms with Gasteiger partial charge in [0, 0.05) is 0 Å². The van der Waals surface area contributed by atoms with Crippen LogP contribution in [0.25, 0.3) is 44.5 Å². The van der Waals surface area contributed by atoms with Gasteiger partial charge in [0.15, 0.2) is 0 Å². The summed E-state index contributed by atoms with van der Waals surface area (Å²) in [4.78, 5) is 16.7. The van der Waals surface area contributed by atoms with Gasteiger partial charge in [-0.1, -0.05) is 97.1 Å². The maximum atomic E-state index is 8.35. The van der Waals surface area contributed by atoms with E-state index in [4.69, 9.17) is 20.4 Å². The minimum absolute atomic E-state index is 0.750. The van der Waals surface area contributed by atoms with E-state index in [1.54, 1.807) is 0 Å². The first-order valence-corrected chi connectivity index (χ1v) is 9.21. The van der Waals surface area contributed by atoms with E-state index in [9.17, 15) is 0 Å². The number of rotatable bonds is 2. The van der Waals surface area contributed by atoms with Gasteiger partial charge in [-0.2, -0.15) is 0 Å². The molecule has 30 heavy (non-hydrogen) atoms. The summed E-state index contributed by atoms with van der Waals surface area (Å²) in [5.41, 5.74) is 10.6. The van der Waals surface area contributed by atoms with Crippen LogP contribution in [0.5, 0.6) is 0 Å². The van der Waals surface area contributed by atoms with Crippen LogP contribution in [0.1, 0.15) is 0 Å². The summed E-state index contributed by atoms with van der Waals surface area (Å²) in [5, 5.41) is 10.8. The van der Waals surface area contributed by atoms with Gasteiger partial charge in [0.2, 0.25) is 12.2 Å². The molecule has 4 aromatic carbocycles. The van der Waals surface area contributed by atoms with Crippen LogP contribution in [0.4, 0.5) is 0 Å². The van der Waals surface area contributed by atoms with Crippen molar-refractivity contribution in [3.05, 3.63) is 97.1 Å². The minimum Gasteiger partial charge on any atom is -0.222 e. The van der Waals surface area contributed by atoms with Crippen LogP contribution < -0.4 is 0 Å². The van der Waals surface area contributed by atoms with Crippen molar-refractivity contribution in [2.24, 2.45) is 0 Å². The summed E-state index contributed by atoms with van der Waals surface area (Å²) < 4.78 is 0. The Morgan fingerprint density at radius 1 is 0.433 bits per heavy atom. The Morgan fingerprint density at radius 3 is 1.50 bits per heavy atom. The molecule has 4 aromatic rings. The van der Waals surface area contributed by atoms with Crippen molar-refractivity contribution in [3.63, 3.8) is 0 Å². The maximum Gasteiger partial charge on any atom is 0.231 e. The molecule has 0 atom stereocenters. The summed E-state index contributed by atoms with van der Waals surface area (Å²) in [6.07, 6.45) is 1.50. The predicted molar refractivity (Wildman–Crippen MR) is 119 cm³/mol. The molecule has 0 aliphatic heterocycles. The van der Waals surface area contributed by atoms with Crippen LogP contribution in [0.3, 0.4) is 0 Å². The molecule has 0 bridgehead atoms. The SMILES string of the molecule is N=C=O.N=C=O.c1ccc(-c2ccc(-c3cccc4c3-c3ccccc3-4)cc2)cc1. The van der Waals surface area contributed by atoms with Crippen molar-refractivity contribution < 1.29 is 9.59 Å². The van der Waals surface area contributed by atoms with Gasteiger partial charge in [0.25, 0.3) is 0 Å². The van der Waals surface area contributed by atoms with E-state index in [2.05, 4.69) is 97.1 Å². The second-order valence-electron chi connectivity index (χ2n) is 6.42. The van der Waals surface area contributed by atoms with E-state index in [0.29, 0.717) is 0 Å². The highest BCUT2D eigenvalue weighted by Gasteiger charge is 2.24. The second kappa shape index (κ2) is 9.72. The van der Waals surface area contributed by atoms with E-state index in [1.807, 2.05) is 0 Å². The van der Waals surface area contributed by atoms with Crippen LogP contribution in [-0.2, 0) is 9.59 Å². The fourth-order valence-electron chi connectivity index (χ4n) is 3.65. The Morgan fingerprint density at radius 2 is 0.867 bits per heavy atom. The summed E-state index contributed by atoms with van der Waals surface area (Å²) in [6, 6.07) is 34.7. The standard InChI is InChI=1S/C24H16.2CHNO/c1-2-7-17(8-3-1)18-13-15-19(16-14-18)20-11-6-12-23-21-9-4-5-10-22(21)24(20)23;2*2-1-3/h1-16H;2*2H. The molecular weight excluding hydrogens is 372 g/mol. The van der Waals surface area contributed by atoms with Gasteiger partial charge in [-0.3, -0.25) is 0 Å². The lowest BCUT2D eigenvalue weighted by Gasteiger charge is -2.26. The number of isocyanates is 2. The number of fused-ring (bicyclic) bond motifs is 4. The molecule has 5 rings (SSSR count). The summed E-state index contributed by atoms with van der Waals surface area (Å²) in [7, 11) is 0. The first-order valence-electron chi connectivity index (χ1n) is 9.21. The van der Waals surface area contributed by atoms with Crippen LogP contribution in [0, 0.1) is 10.8 Å². The molecule has 144 valence electrons. The molecule has 0 unspecified atom stereocenters. The van der Waals surface area contributed by atoms with Gasteiger partial charge in [-0.15, -0.1) is 0 Å². The number of nitrogens with one attached hydrogen (secondary N) is 2. The van der Waals surface area contributed by atoms with Crippen molar-refractivity contribution in [2.75, 3.05) is 0 Å². The second-order valence-corrected chi connectivity index (χ2v) is 6.42. The van der Waals surface area contributed by atoms with Crippen LogP contribution >= 0.6 is 0 Å². The van der Waals surface area contributed by atoms with Gasteiger partial charge in [-0.05, 0) is 44.5 Å². The first-order chi connectivity index (χ1) is 14.7. The van der Waals surface area contributed by atoms with Gasteiger partial charge in [0.1, 0.15) is 0 Å². The highest BCUT2D eigenvalue weighted by atomic mass is 16.1. The van der Waals surface area contributed by atoms with Crippen LogP contribution in [-0.4, -0.2) is 12.2 Å². The average molecular weight is 390 g/mol. The monoisotopic (exact) mass is 390 g/mol. The summed E-state index contributed by atoms with van der Waals surface area (Å²) in [6.45, 7) is 0. The number of hydrogen-bond acceptors (Lipinski definition) is 4. The van der Waals surface area contributed by atoms with Crippen molar-refractivity contribution in [3.8, 4) is 44.5 Å². The summed E-state index contributed by atoms with van der Waals surface area (Å²) in [5.74, 6) is 0. The fourth-order valence-corrected chi connectivity index (χ4v) is 3.65. The normalized spacial score (nSPS) is 9.60. The van der Waals surface area contributed by atoms with E-state index >= 15 is 0 Å². The minimum atomic E-state index is 0.750. The van der Waals surface area contributed by atoms with Crippen LogP contribution in [0.15, 0.2) is 97.1 Å². The van der Waals surface area contributed by atoms with E-state index in [1.165, 1.54) is 44.5 Å². The summed E-state index contributed by atoms with van der Waals surface area (Å²) >= 11 is 0. The topological polar surface area (TPSA) is 81.8 Å². The van der Waals surface area contributed by atoms with Crippen molar-refractivity contribution >= 4 is 12.2 Å². The maximum absolute atomic E-state index is 8.35. The number of benzene rings is 4. The predicted octanol–water partition coefficient (Wildman–Crippen LogP) is 6.47. The van der Waals surface area contributed by atoms with Crippen molar-refractivity contribution in [1.82, 2.24) is 0 Å². The molecule has 4 nitrogen and oxygen atoms in total. The quantitative estimate of drug-likeness (QED) is 0.267. The Kier molecular flexibility index (Phi) is 6.60. The largest absolute Gasteiger partial charge is 0.231 e. The fraction of sp³-hybridized carbons (Fsp3) is 0. The van der Waals surface area contributed by atoms with Gasteiger partial charge < -0.3 is 0 Å². The average Bonchev–Trinajstić information content (AvgIpc) is 2.79. The zero-order valence-corrected chi connectivity index (χ0v) is 16.1.